The first-order valence-corrected chi connectivity index (χ1v) is 9.06. The van der Waals surface area contributed by atoms with Crippen LogP contribution in [0.2, 0.25) is 0 Å². The fourth-order valence-electron chi connectivity index (χ4n) is 3.47. The second-order valence-corrected chi connectivity index (χ2v) is 7.03. The molecule has 0 aliphatic carbocycles. The summed E-state index contributed by atoms with van der Waals surface area (Å²) in [6.07, 6.45) is -1.71. The zero-order valence-corrected chi connectivity index (χ0v) is 16.4. The molecule has 1 aromatic carbocycles. The van der Waals surface area contributed by atoms with E-state index in [2.05, 4.69) is 15.4 Å². The lowest BCUT2D eigenvalue weighted by molar-refractivity contribution is -0.143. The molecule has 0 spiro atoms. The number of nitrogen functional groups attached to an aromatic ring is 1. The number of ether oxygens (including phenoxy) is 1. The highest BCUT2D eigenvalue weighted by atomic mass is 19.4. The van der Waals surface area contributed by atoms with Crippen LogP contribution in [0.4, 0.5) is 24.7 Å². The maximum Gasteiger partial charge on any atom is 0.416 e. The van der Waals surface area contributed by atoms with Gasteiger partial charge in [-0.15, -0.1) is 0 Å². The molecule has 4 rings (SSSR count). The van der Waals surface area contributed by atoms with Crippen molar-refractivity contribution in [2.24, 2.45) is 7.05 Å². The minimum Gasteiger partial charge on any atom is -0.491 e. The van der Waals surface area contributed by atoms with Gasteiger partial charge in [0.25, 0.3) is 0 Å². The Hall–Kier alpha value is -3.83. The molecule has 0 fully saturated rings. The van der Waals surface area contributed by atoms with Gasteiger partial charge in [-0.05, 0) is 12.1 Å². The van der Waals surface area contributed by atoms with Crippen LogP contribution in [0.25, 0.3) is 10.9 Å². The number of pyridine rings is 1. The van der Waals surface area contributed by atoms with Crippen LogP contribution >= 0.6 is 0 Å². The highest BCUT2D eigenvalue weighted by Gasteiger charge is 2.36. The standard InChI is InChI=1S/C19H17F3N6O3/c1-27(13-8-31-14-5-9(19(20,21)22)3-4-10(13)14)18(30)17(29)26-12-7-24-16(23)15-11(12)6-25-28(15)2/h3-7,13H,8H2,1-2H3,(H2,23,24)(H,26,29)/t13-/m1/s1. The molecule has 12 heteroatoms. The van der Waals surface area contributed by atoms with Gasteiger partial charge in [-0.1, -0.05) is 6.07 Å². The van der Waals surface area contributed by atoms with Crippen LogP contribution in [0.15, 0.2) is 30.6 Å². The van der Waals surface area contributed by atoms with E-state index in [0.29, 0.717) is 16.5 Å². The van der Waals surface area contributed by atoms with E-state index in [9.17, 15) is 22.8 Å². The van der Waals surface area contributed by atoms with Crippen molar-refractivity contribution in [1.82, 2.24) is 19.7 Å². The molecule has 2 amide bonds. The SMILES string of the molecule is CN(C(=O)C(=O)Nc1cnc(N)c2c1cnn2C)[C@@H]1COc2cc(C(F)(F)F)ccc21. The van der Waals surface area contributed by atoms with E-state index in [-0.39, 0.29) is 23.9 Å². The number of aromatic nitrogens is 3. The molecule has 162 valence electrons. The van der Waals surface area contributed by atoms with Crippen LogP contribution < -0.4 is 15.8 Å². The lowest BCUT2D eigenvalue weighted by Crippen LogP contribution is -2.40. The summed E-state index contributed by atoms with van der Waals surface area (Å²) in [6, 6.07) is 2.34. The summed E-state index contributed by atoms with van der Waals surface area (Å²) in [7, 11) is 3.04. The number of fused-ring (bicyclic) bond motifs is 2. The summed E-state index contributed by atoms with van der Waals surface area (Å²) in [4.78, 5) is 30.4. The average molecular weight is 434 g/mol. The number of alkyl halides is 3. The number of aryl methyl sites for hydroxylation is 1. The van der Waals surface area contributed by atoms with Crippen molar-refractivity contribution in [3.63, 3.8) is 0 Å². The van der Waals surface area contributed by atoms with E-state index >= 15 is 0 Å². The van der Waals surface area contributed by atoms with Crippen LogP contribution in [-0.2, 0) is 22.8 Å². The number of halogens is 3. The van der Waals surface area contributed by atoms with Crippen molar-refractivity contribution in [3.05, 3.63) is 41.7 Å². The van der Waals surface area contributed by atoms with Crippen LogP contribution in [-0.4, -0.2) is 45.1 Å². The molecular weight excluding hydrogens is 417 g/mol. The number of carbonyl (C=O) groups excluding carboxylic acids is 2. The Kier molecular flexibility index (Phi) is 4.71. The molecule has 0 saturated carbocycles. The lowest BCUT2D eigenvalue weighted by Gasteiger charge is -2.23. The van der Waals surface area contributed by atoms with Crippen LogP contribution in [0.1, 0.15) is 17.2 Å². The average Bonchev–Trinajstić information content (AvgIpc) is 3.32. The lowest BCUT2D eigenvalue weighted by atomic mass is 10.0. The number of nitrogens with zero attached hydrogens (tertiary/aromatic N) is 4. The molecule has 3 aromatic rings. The molecule has 0 unspecified atom stereocenters. The third-order valence-electron chi connectivity index (χ3n) is 5.13. The minimum absolute atomic E-state index is 0.0275. The number of rotatable bonds is 2. The van der Waals surface area contributed by atoms with Gasteiger partial charge in [0.1, 0.15) is 23.7 Å². The molecule has 1 aliphatic rings. The van der Waals surface area contributed by atoms with Crippen molar-refractivity contribution < 1.29 is 27.5 Å². The third-order valence-corrected chi connectivity index (χ3v) is 5.13. The van der Waals surface area contributed by atoms with Gasteiger partial charge in [0.15, 0.2) is 0 Å². The first kappa shape index (κ1) is 20.4. The zero-order valence-electron chi connectivity index (χ0n) is 16.4. The summed E-state index contributed by atoms with van der Waals surface area (Å²) >= 11 is 0. The third kappa shape index (κ3) is 3.49. The molecule has 0 radical (unpaired) electrons. The summed E-state index contributed by atoms with van der Waals surface area (Å²) in [5, 5.41) is 7.07. The molecule has 1 aliphatic heterocycles. The normalized spacial score (nSPS) is 15.5. The Morgan fingerprint density at radius 1 is 1.32 bits per heavy atom. The van der Waals surface area contributed by atoms with Gasteiger partial charge in [0, 0.05) is 25.0 Å². The number of benzene rings is 1. The van der Waals surface area contributed by atoms with E-state index < -0.39 is 29.6 Å². The van der Waals surface area contributed by atoms with Gasteiger partial charge >= 0.3 is 18.0 Å². The number of amides is 2. The largest absolute Gasteiger partial charge is 0.491 e. The van der Waals surface area contributed by atoms with Crippen molar-refractivity contribution in [2.45, 2.75) is 12.2 Å². The molecule has 9 nitrogen and oxygen atoms in total. The van der Waals surface area contributed by atoms with Crippen LogP contribution in [0.3, 0.4) is 0 Å². The van der Waals surface area contributed by atoms with Crippen molar-refractivity contribution in [2.75, 3.05) is 24.7 Å². The van der Waals surface area contributed by atoms with Gasteiger partial charge in [-0.2, -0.15) is 18.3 Å². The number of nitrogens with two attached hydrogens (primary N) is 1. The summed E-state index contributed by atoms with van der Waals surface area (Å²) in [6.45, 7) is -0.0670. The van der Waals surface area contributed by atoms with E-state index in [0.717, 1.165) is 17.0 Å². The Morgan fingerprint density at radius 2 is 2.06 bits per heavy atom. The second kappa shape index (κ2) is 7.15. The molecule has 3 N–H and O–H groups in total. The van der Waals surface area contributed by atoms with E-state index in [4.69, 9.17) is 10.5 Å². The highest BCUT2D eigenvalue weighted by Crippen LogP contribution is 2.40. The zero-order chi connectivity index (χ0) is 22.5. The predicted molar refractivity (Wildman–Crippen MR) is 104 cm³/mol. The molecule has 31 heavy (non-hydrogen) atoms. The number of carbonyl (C=O) groups is 2. The maximum absolute atomic E-state index is 12.9. The first-order valence-electron chi connectivity index (χ1n) is 9.06. The fourth-order valence-corrected chi connectivity index (χ4v) is 3.47. The first-order chi connectivity index (χ1) is 14.6. The van der Waals surface area contributed by atoms with Gasteiger partial charge in [0.2, 0.25) is 0 Å². The van der Waals surface area contributed by atoms with Crippen molar-refractivity contribution in [1.29, 1.82) is 0 Å². The predicted octanol–water partition coefficient (Wildman–Crippen LogP) is 2.10. The molecule has 0 saturated heterocycles. The maximum atomic E-state index is 12.9. The fraction of sp³-hybridized carbons (Fsp3) is 0.263. The smallest absolute Gasteiger partial charge is 0.416 e. The number of hydrogen-bond donors (Lipinski definition) is 2. The van der Waals surface area contributed by atoms with E-state index in [1.54, 1.807) is 7.05 Å². The molecule has 3 heterocycles. The van der Waals surface area contributed by atoms with Gasteiger partial charge < -0.3 is 20.7 Å². The Morgan fingerprint density at radius 3 is 2.77 bits per heavy atom. The summed E-state index contributed by atoms with van der Waals surface area (Å²) in [5.41, 5.74) is 6.12. The second-order valence-electron chi connectivity index (χ2n) is 7.03. The van der Waals surface area contributed by atoms with Crippen molar-refractivity contribution in [3.8, 4) is 5.75 Å². The van der Waals surface area contributed by atoms with Gasteiger partial charge in [-0.3, -0.25) is 14.3 Å². The molecule has 2 aromatic heterocycles. The Bertz CT molecular complexity index is 1210. The Labute approximate surface area is 173 Å². The summed E-state index contributed by atoms with van der Waals surface area (Å²) < 4.78 is 45.5. The quantitative estimate of drug-likeness (QED) is 0.597. The molecular formula is C19H17F3N6O3. The van der Waals surface area contributed by atoms with Crippen LogP contribution in [0.5, 0.6) is 5.75 Å². The Balaban J connectivity index is 1.54. The van der Waals surface area contributed by atoms with Gasteiger partial charge in [0.05, 0.1) is 29.7 Å². The number of hydrogen-bond acceptors (Lipinski definition) is 6. The number of anilines is 2. The van der Waals surface area contributed by atoms with E-state index in [1.807, 2.05) is 0 Å². The highest BCUT2D eigenvalue weighted by molar-refractivity contribution is 6.40. The molecule has 1 atom stereocenters. The van der Waals surface area contributed by atoms with E-state index in [1.165, 1.54) is 30.2 Å². The van der Waals surface area contributed by atoms with Gasteiger partial charge in [-0.25, -0.2) is 4.98 Å². The number of likely N-dealkylation sites (N-methyl/N-ethyl adjacent to an activating group) is 1. The topological polar surface area (TPSA) is 115 Å². The number of nitrogens with one attached hydrogen (secondary N) is 1. The minimum atomic E-state index is -4.51. The van der Waals surface area contributed by atoms with Crippen molar-refractivity contribution >= 4 is 34.2 Å². The summed E-state index contributed by atoms with van der Waals surface area (Å²) in [5.74, 6) is -1.59. The monoisotopic (exact) mass is 434 g/mol. The van der Waals surface area contributed by atoms with Crippen LogP contribution in [0, 0.1) is 0 Å². The molecule has 0 bridgehead atoms.